The van der Waals surface area contributed by atoms with E-state index in [2.05, 4.69) is 183 Å². The fraction of sp³-hybridized carbons (Fsp3) is 0.0667. The Morgan fingerprint density at radius 1 is 0.426 bits per heavy atom. The molecule has 0 spiro atoms. The van der Waals surface area contributed by atoms with Gasteiger partial charge < -0.3 is 4.90 Å². The normalized spacial score (nSPS) is 13.1. The number of hydrogen-bond acceptors (Lipinski definition) is 2. The SMILES string of the molecule is CC1(C)c2cc(-c3ccccc3)ccc2-c2cccc(-c3ccc4c(c3)sc3ccc(N(c5ccccc5)c5ccccc5)cc34)c21. The van der Waals surface area contributed by atoms with Crippen molar-refractivity contribution in [3.05, 3.63) is 175 Å². The van der Waals surface area contributed by atoms with Crippen LogP contribution in [0.2, 0.25) is 0 Å². The third-order valence-corrected chi connectivity index (χ3v) is 11.0. The van der Waals surface area contributed by atoms with Crippen LogP contribution in [-0.4, -0.2) is 0 Å². The van der Waals surface area contributed by atoms with E-state index in [0.29, 0.717) is 0 Å². The third kappa shape index (κ3) is 4.52. The zero-order chi connectivity index (χ0) is 31.5. The molecule has 0 atom stereocenters. The van der Waals surface area contributed by atoms with Gasteiger partial charge >= 0.3 is 0 Å². The van der Waals surface area contributed by atoms with Crippen LogP contribution in [0, 0.1) is 0 Å². The third-order valence-electron chi connectivity index (χ3n) is 9.83. The van der Waals surface area contributed by atoms with Gasteiger partial charge in [-0.05, 0) is 99.1 Å². The second kappa shape index (κ2) is 10.8. The monoisotopic (exact) mass is 619 g/mol. The molecule has 47 heavy (non-hydrogen) atoms. The lowest BCUT2D eigenvalue weighted by atomic mass is 9.78. The van der Waals surface area contributed by atoms with Gasteiger partial charge in [-0.15, -0.1) is 11.3 Å². The molecule has 9 rings (SSSR count). The first-order valence-corrected chi connectivity index (χ1v) is 17.1. The lowest BCUT2D eigenvalue weighted by Crippen LogP contribution is -2.16. The first-order valence-electron chi connectivity index (χ1n) is 16.3. The number of rotatable bonds is 5. The maximum Gasteiger partial charge on any atom is 0.0468 e. The Bertz CT molecular complexity index is 2380. The van der Waals surface area contributed by atoms with E-state index >= 15 is 0 Å². The van der Waals surface area contributed by atoms with Crippen molar-refractivity contribution in [2.45, 2.75) is 19.3 Å². The average molecular weight is 620 g/mol. The molecule has 0 amide bonds. The van der Waals surface area contributed by atoms with Crippen LogP contribution in [-0.2, 0) is 5.41 Å². The lowest BCUT2D eigenvalue weighted by molar-refractivity contribution is 0.662. The molecule has 8 aromatic rings. The lowest BCUT2D eigenvalue weighted by Gasteiger charge is -2.25. The molecule has 0 fully saturated rings. The Balaban J connectivity index is 1.14. The van der Waals surface area contributed by atoms with E-state index in [-0.39, 0.29) is 5.41 Å². The van der Waals surface area contributed by atoms with Crippen LogP contribution in [0.15, 0.2) is 164 Å². The molecule has 224 valence electrons. The van der Waals surface area contributed by atoms with Crippen LogP contribution in [0.5, 0.6) is 0 Å². The molecular weight excluding hydrogens is 587 g/mol. The fourth-order valence-corrected chi connectivity index (χ4v) is 8.73. The fourth-order valence-electron chi connectivity index (χ4n) is 7.60. The summed E-state index contributed by atoms with van der Waals surface area (Å²) in [6.07, 6.45) is 0. The van der Waals surface area contributed by atoms with Gasteiger partial charge in [0.2, 0.25) is 0 Å². The summed E-state index contributed by atoms with van der Waals surface area (Å²) in [4.78, 5) is 2.34. The van der Waals surface area contributed by atoms with Crippen LogP contribution in [0.25, 0.3) is 53.6 Å². The van der Waals surface area contributed by atoms with Gasteiger partial charge in [-0.1, -0.05) is 123 Å². The Hall–Kier alpha value is -5.44. The van der Waals surface area contributed by atoms with Crippen molar-refractivity contribution in [3.8, 4) is 33.4 Å². The van der Waals surface area contributed by atoms with E-state index < -0.39 is 0 Å². The number of anilines is 3. The molecule has 0 radical (unpaired) electrons. The minimum Gasteiger partial charge on any atom is -0.310 e. The summed E-state index contributed by atoms with van der Waals surface area (Å²) in [5.41, 5.74) is 14.0. The van der Waals surface area contributed by atoms with Crippen LogP contribution in [0.3, 0.4) is 0 Å². The summed E-state index contributed by atoms with van der Waals surface area (Å²) in [6.45, 7) is 4.78. The van der Waals surface area contributed by atoms with E-state index in [1.165, 1.54) is 64.7 Å². The maximum absolute atomic E-state index is 2.41. The first-order chi connectivity index (χ1) is 23.1. The Labute approximate surface area is 280 Å². The number of nitrogens with zero attached hydrogens (tertiary/aromatic N) is 1. The van der Waals surface area contributed by atoms with Gasteiger partial charge in [0.05, 0.1) is 0 Å². The molecule has 0 saturated heterocycles. The van der Waals surface area contributed by atoms with Gasteiger partial charge in [0.15, 0.2) is 0 Å². The van der Waals surface area contributed by atoms with Crippen molar-refractivity contribution in [2.75, 3.05) is 4.90 Å². The molecule has 1 aliphatic rings. The van der Waals surface area contributed by atoms with E-state index in [1.807, 2.05) is 11.3 Å². The quantitative estimate of drug-likeness (QED) is 0.185. The molecule has 1 aliphatic carbocycles. The highest BCUT2D eigenvalue weighted by molar-refractivity contribution is 7.25. The number of benzene rings is 7. The van der Waals surface area contributed by atoms with Gasteiger partial charge in [-0.2, -0.15) is 0 Å². The zero-order valence-electron chi connectivity index (χ0n) is 26.4. The Morgan fingerprint density at radius 2 is 1.09 bits per heavy atom. The number of para-hydroxylation sites is 2. The van der Waals surface area contributed by atoms with Crippen LogP contribution < -0.4 is 4.90 Å². The molecule has 0 unspecified atom stereocenters. The maximum atomic E-state index is 2.41. The molecule has 7 aromatic carbocycles. The topological polar surface area (TPSA) is 3.24 Å². The molecule has 0 saturated carbocycles. The van der Waals surface area contributed by atoms with Crippen molar-refractivity contribution < 1.29 is 0 Å². The van der Waals surface area contributed by atoms with Gasteiger partial charge in [0.25, 0.3) is 0 Å². The Morgan fingerprint density at radius 3 is 1.81 bits per heavy atom. The summed E-state index contributed by atoms with van der Waals surface area (Å²) in [5.74, 6) is 0. The predicted molar refractivity (Wildman–Crippen MR) is 202 cm³/mol. The molecule has 1 aromatic heterocycles. The van der Waals surface area contributed by atoms with E-state index in [0.717, 1.165) is 17.1 Å². The van der Waals surface area contributed by atoms with E-state index in [1.54, 1.807) is 0 Å². The Kier molecular flexibility index (Phi) is 6.41. The summed E-state index contributed by atoms with van der Waals surface area (Å²) in [6, 6.07) is 59.8. The second-order valence-electron chi connectivity index (χ2n) is 13.0. The second-order valence-corrected chi connectivity index (χ2v) is 14.1. The van der Waals surface area contributed by atoms with Crippen LogP contribution >= 0.6 is 11.3 Å². The number of hydrogen-bond donors (Lipinski definition) is 0. The van der Waals surface area contributed by atoms with Crippen LogP contribution in [0.4, 0.5) is 17.1 Å². The minimum atomic E-state index is -0.117. The summed E-state index contributed by atoms with van der Waals surface area (Å²) >= 11 is 1.88. The van der Waals surface area contributed by atoms with Crippen LogP contribution in [0.1, 0.15) is 25.0 Å². The summed E-state index contributed by atoms with van der Waals surface area (Å²) in [7, 11) is 0. The molecule has 0 bridgehead atoms. The van der Waals surface area contributed by atoms with Gasteiger partial charge in [0, 0.05) is 42.6 Å². The van der Waals surface area contributed by atoms with Gasteiger partial charge in [0.1, 0.15) is 0 Å². The highest BCUT2D eigenvalue weighted by Crippen LogP contribution is 2.53. The molecule has 0 aliphatic heterocycles. The van der Waals surface area contributed by atoms with Gasteiger partial charge in [-0.3, -0.25) is 0 Å². The largest absolute Gasteiger partial charge is 0.310 e. The smallest absolute Gasteiger partial charge is 0.0468 e. The van der Waals surface area contributed by atoms with Crippen molar-refractivity contribution >= 4 is 48.6 Å². The van der Waals surface area contributed by atoms with Gasteiger partial charge in [-0.25, -0.2) is 0 Å². The molecule has 0 N–H and O–H groups in total. The van der Waals surface area contributed by atoms with E-state index in [4.69, 9.17) is 0 Å². The highest BCUT2D eigenvalue weighted by Gasteiger charge is 2.37. The molecule has 2 heteroatoms. The zero-order valence-corrected chi connectivity index (χ0v) is 27.3. The highest BCUT2D eigenvalue weighted by atomic mass is 32.1. The summed E-state index contributed by atoms with van der Waals surface area (Å²) in [5, 5.41) is 2.60. The number of fused-ring (bicyclic) bond motifs is 6. The predicted octanol–water partition coefficient (Wildman–Crippen LogP) is 13.2. The molecule has 1 heterocycles. The molecule has 1 nitrogen and oxygen atoms in total. The van der Waals surface area contributed by atoms with Crippen molar-refractivity contribution in [3.63, 3.8) is 0 Å². The standard InChI is InChI=1S/C45H33NS/c1-45(2)41-27-31(30-13-6-3-7-14-30)21-24-37(41)39-20-12-19-36(44(39)45)32-22-25-38-40-29-35(23-26-42(40)47-43(38)28-32)46(33-15-8-4-9-16-33)34-17-10-5-11-18-34/h3-29H,1-2H3. The molecular formula is C45H33NS. The first kappa shape index (κ1) is 27.8. The number of thiophene rings is 1. The van der Waals surface area contributed by atoms with E-state index in [9.17, 15) is 0 Å². The van der Waals surface area contributed by atoms with Crippen molar-refractivity contribution in [2.24, 2.45) is 0 Å². The van der Waals surface area contributed by atoms with Crippen molar-refractivity contribution in [1.29, 1.82) is 0 Å². The minimum absolute atomic E-state index is 0.117. The summed E-state index contributed by atoms with van der Waals surface area (Å²) < 4.78 is 2.62. The average Bonchev–Trinajstić information content (AvgIpc) is 3.60. The van der Waals surface area contributed by atoms with Crippen molar-refractivity contribution in [1.82, 2.24) is 0 Å².